The average Bonchev–Trinajstić information content (AvgIpc) is 2.96. The molecule has 1 aromatic rings. The predicted octanol–water partition coefficient (Wildman–Crippen LogP) is 1.76. The van der Waals surface area contributed by atoms with Gasteiger partial charge in [-0.3, -0.25) is 9.48 Å². The van der Waals surface area contributed by atoms with Gasteiger partial charge < -0.3 is 10.6 Å². The van der Waals surface area contributed by atoms with Crippen molar-refractivity contribution < 1.29 is 4.79 Å². The fraction of sp³-hybridized carbons (Fsp3) is 0.733. The molecule has 1 amide bonds. The minimum absolute atomic E-state index is 0.163. The lowest BCUT2D eigenvalue weighted by Gasteiger charge is -2.09. The first kappa shape index (κ1) is 13.6. The van der Waals surface area contributed by atoms with Crippen molar-refractivity contribution >= 4 is 5.91 Å². The molecule has 2 fully saturated rings. The summed E-state index contributed by atoms with van der Waals surface area (Å²) in [6.45, 7) is 1.46. The Morgan fingerprint density at radius 3 is 2.85 bits per heavy atom. The number of hydrogen-bond donors (Lipinski definition) is 2. The fourth-order valence-corrected chi connectivity index (χ4v) is 2.79. The van der Waals surface area contributed by atoms with E-state index in [-0.39, 0.29) is 5.91 Å². The van der Waals surface area contributed by atoms with Crippen LogP contribution in [0.15, 0.2) is 12.3 Å². The molecule has 5 heteroatoms. The van der Waals surface area contributed by atoms with E-state index in [9.17, 15) is 4.79 Å². The van der Waals surface area contributed by atoms with E-state index in [4.69, 9.17) is 0 Å². The van der Waals surface area contributed by atoms with Crippen LogP contribution in [0, 0.1) is 0 Å². The Labute approximate surface area is 120 Å². The zero-order chi connectivity index (χ0) is 13.8. The van der Waals surface area contributed by atoms with Gasteiger partial charge in [-0.15, -0.1) is 0 Å². The number of amides is 1. The first-order valence-electron chi connectivity index (χ1n) is 7.85. The molecule has 5 nitrogen and oxygen atoms in total. The summed E-state index contributed by atoms with van der Waals surface area (Å²) in [6, 6.07) is 3.15. The third-order valence-corrected chi connectivity index (χ3v) is 4.14. The lowest BCUT2D eigenvalue weighted by Crippen LogP contribution is -2.29. The Morgan fingerprint density at radius 1 is 1.30 bits per heavy atom. The maximum atomic E-state index is 11.5. The second-order valence-corrected chi connectivity index (χ2v) is 5.99. The van der Waals surface area contributed by atoms with E-state index in [0.29, 0.717) is 18.5 Å². The molecule has 2 aliphatic rings. The molecular weight excluding hydrogens is 252 g/mol. The van der Waals surface area contributed by atoms with Crippen LogP contribution in [-0.4, -0.2) is 28.3 Å². The van der Waals surface area contributed by atoms with Crippen molar-refractivity contribution in [2.45, 2.75) is 63.6 Å². The molecule has 1 aromatic heterocycles. The molecule has 110 valence electrons. The molecule has 2 saturated carbocycles. The number of nitrogens with one attached hydrogen (secondary N) is 2. The van der Waals surface area contributed by atoms with Gasteiger partial charge in [-0.05, 0) is 31.7 Å². The van der Waals surface area contributed by atoms with Gasteiger partial charge in [0.1, 0.15) is 0 Å². The number of aromatic nitrogens is 2. The zero-order valence-corrected chi connectivity index (χ0v) is 12.0. The summed E-state index contributed by atoms with van der Waals surface area (Å²) in [6.07, 6.45) is 10.1. The van der Waals surface area contributed by atoms with Crippen LogP contribution in [0.5, 0.6) is 0 Å². The van der Waals surface area contributed by atoms with Gasteiger partial charge in [-0.2, -0.15) is 5.10 Å². The highest BCUT2D eigenvalue weighted by Gasteiger charge is 2.22. The number of rotatable bonds is 7. The summed E-state index contributed by atoms with van der Waals surface area (Å²) in [4.78, 5) is 11.5. The Hall–Kier alpha value is -1.36. The smallest absolute Gasteiger partial charge is 0.221 e. The van der Waals surface area contributed by atoms with Gasteiger partial charge in [0.2, 0.25) is 5.91 Å². The van der Waals surface area contributed by atoms with E-state index in [1.807, 2.05) is 0 Å². The molecule has 1 heterocycles. The Kier molecular flexibility index (Phi) is 4.35. The zero-order valence-electron chi connectivity index (χ0n) is 12.0. The number of carbonyl (C=O) groups is 1. The summed E-state index contributed by atoms with van der Waals surface area (Å²) in [7, 11) is 0. The van der Waals surface area contributed by atoms with Gasteiger partial charge in [-0.1, -0.05) is 12.8 Å². The SMILES string of the molecule is O=C(CCNCc1ccn(C2CCCC2)n1)NC1CC1. The highest BCUT2D eigenvalue weighted by Crippen LogP contribution is 2.28. The number of hydrogen-bond acceptors (Lipinski definition) is 3. The third-order valence-electron chi connectivity index (χ3n) is 4.14. The van der Waals surface area contributed by atoms with Crippen LogP contribution in [-0.2, 0) is 11.3 Å². The lowest BCUT2D eigenvalue weighted by molar-refractivity contribution is -0.121. The van der Waals surface area contributed by atoms with Crippen molar-refractivity contribution in [2.75, 3.05) is 6.54 Å². The van der Waals surface area contributed by atoms with E-state index >= 15 is 0 Å². The largest absolute Gasteiger partial charge is 0.353 e. The summed E-state index contributed by atoms with van der Waals surface area (Å²) < 4.78 is 2.11. The molecule has 0 bridgehead atoms. The highest BCUT2D eigenvalue weighted by atomic mass is 16.1. The molecule has 0 aromatic carbocycles. The highest BCUT2D eigenvalue weighted by molar-refractivity contribution is 5.76. The van der Waals surface area contributed by atoms with Crippen molar-refractivity contribution in [3.63, 3.8) is 0 Å². The van der Waals surface area contributed by atoms with Crippen molar-refractivity contribution in [3.05, 3.63) is 18.0 Å². The second kappa shape index (κ2) is 6.39. The molecule has 2 N–H and O–H groups in total. The maximum absolute atomic E-state index is 11.5. The minimum atomic E-state index is 0.163. The van der Waals surface area contributed by atoms with Gasteiger partial charge in [0.15, 0.2) is 0 Å². The molecule has 20 heavy (non-hydrogen) atoms. The topological polar surface area (TPSA) is 59.0 Å². The molecule has 0 saturated heterocycles. The predicted molar refractivity (Wildman–Crippen MR) is 77.2 cm³/mol. The monoisotopic (exact) mass is 276 g/mol. The van der Waals surface area contributed by atoms with Crippen molar-refractivity contribution in [3.8, 4) is 0 Å². The fourth-order valence-electron chi connectivity index (χ4n) is 2.79. The first-order valence-corrected chi connectivity index (χ1v) is 7.85. The van der Waals surface area contributed by atoms with E-state index in [1.54, 1.807) is 0 Å². The molecule has 0 atom stereocenters. The Morgan fingerprint density at radius 2 is 2.10 bits per heavy atom. The standard InChI is InChI=1S/C15H24N4O/c20-15(17-12-5-6-12)7-9-16-11-13-8-10-19(18-13)14-3-1-2-4-14/h8,10,12,14,16H,1-7,9,11H2,(H,17,20). The van der Waals surface area contributed by atoms with Gasteiger partial charge in [-0.25, -0.2) is 0 Å². The molecule has 0 aliphatic heterocycles. The molecule has 3 rings (SSSR count). The number of nitrogens with zero attached hydrogens (tertiary/aromatic N) is 2. The van der Waals surface area contributed by atoms with Crippen molar-refractivity contribution in [2.24, 2.45) is 0 Å². The molecule has 2 aliphatic carbocycles. The van der Waals surface area contributed by atoms with E-state index in [2.05, 4.69) is 32.7 Å². The molecular formula is C15H24N4O. The summed E-state index contributed by atoms with van der Waals surface area (Å²) in [5, 5.41) is 10.9. The van der Waals surface area contributed by atoms with Crippen LogP contribution in [0.1, 0.15) is 56.7 Å². The van der Waals surface area contributed by atoms with Gasteiger partial charge in [0.25, 0.3) is 0 Å². The van der Waals surface area contributed by atoms with E-state index < -0.39 is 0 Å². The van der Waals surface area contributed by atoms with Crippen LogP contribution < -0.4 is 10.6 Å². The van der Waals surface area contributed by atoms with Crippen molar-refractivity contribution in [1.29, 1.82) is 0 Å². The van der Waals surface area contributed by atoms with Crippen LogP contribution in [0.3, 0.4) is 0 Å². The quantitative estimate of drug-likeness (QED) is 0.746. The van der Waals surface area contributed by atoms with Crippen LogP contribution in [0.25, 0.3) is 0 Å². The van der Waals surface area contributed by atoms with Crippen molar-refractivity contribution in [1.82, 2.24) is 20.4 Å². The second-order valence-electron chi connectivity index (χ2n) is 5.99. The molecule has 0 spiro atoms. The maximum Gasteiger partial charge on any atom is 0.221 e. The van der Waals surface area contributed by atoms with Gasteiger partial charge >= 0.3 is 0 Å². The lowest BCUT2D eigenvalue weighted by atomic mass is 10.3. The molecule has 0 unspecified atom stereocenters. The van der Waals surface area contributed by atoms with Crippen LogP contribution >= 0.6 is 0 Å². The van der Waals surface area contributed by atoms with Crippen LogP contribution in [0.4, 0.5) is 0 Å². The Balaban J connectivity index is 1.34. The van der Waals surface area contributed by atoms with Gasteiger partial charge in [0, 0.05) is 31.7 Å². The average molecular weight is 276 g/mol. The van der Waals surface area contributed by atoms with Gasteiger partial charge in [0.05, 0.1) is 11.7 Å². The minimum Gasteiger partial charge on any atom is -0.353 e. The van der Waals surface area contributed by atoms with Crippen LogP contribution in [0.2, 0.25) is 0 Å². The summed E-state index contributed by atoms with van der Waals surface area (Å²) in [5.74, 6) is 0.163. The third kappa shape index (κ3) is 3.82. The van der Waals surface area contributed by atoms with E-state index in [0.717, 1.165) is 31.6 Å². The first-order chi connectivity index (χ1) is 9.81. The number of carbonyl (C=O) groups excluding carboxylic acids is 1. The Bertz CT molecular complexity index is 446. The normalized spacial score (nSPS) is 19.4. The molecule has 0 radical (unpaired) electrons. The summed E-state index contributed by atoms with van der Waals surface area (Å²) in [5.41, 5.74) is 1.07. The van der Waals surface area contributed by atoms with E-state index in [1.165, 1.54) is 25.7 Å². The summed E-state index contributed by atoms with van der Waals surface area (Å²) >= 11 is 0.